The van der Waals surface area contributed by atoms with Crippen LogP contribution in [0.15, 0.2) is 41.2 Å². The molecular formula is C8H7ClN2O. The van der Waals surface area contributed by atoms with Gasteiger partial charge in [0.1, 0.15) is 0 Å². The topological polar surface area (TPSA) is 38.9 Å². The molecule has 0 aliphatic carbocycles. The third-order valence-electron chi connectivity index (χ3n) is 1.39. The van der Waals surface area contributed by atoms with Crippen molar-refractivity contribution in [3.05, 3.63) is 36.7 Å². The molecule has 0 spiro atoms. The van der Waals surface area contributed by atoms with E-state index in [1.807, 2.05) is 30.3 Å². The van der Waals surface area contributed by atoms with Gasteiger partial charge in [0.2, 0.25) is 12.2 Å². The first kappa shape index (κ1) is 8.74. The van der Waals surface area contributed by atoms with E-state index in [1.54, 1.807) is 0 Å². The molecule has 0 amide bonds. The maximum Gasteiger partial charge on any atom is 0.214 e. The minimum absolute atomic E-state index is 0. The molecule has 0 saturated carbocycles. The fraction of sp³-hybridized carbons (Fsp3) is 0. The molecule has 0 saturated heterocycles. The fourth-order valence-corrected chi connectivity index (χ4v) is 0.885. The predicted molar refractivity (Wildman–Crippen MR) is 47.0 cm³/mol. The highest BCUT2D eigenvalue weighted by Crippen LogP contribution is 2.11. The number of aromatic nitrogens is 2. The van der Waals surface area contributed by atoms with E-state index in [-0.39, 0.29) is 12.4 Å². The highest BCUT2D eigenvalue weighted by atomic mass is 35.5. The Morgan fingerprint density at radius 3 is 2.42 bits per heavy atom. The van der Waals surface area contributed by atoms with Crippen LogP contribution in [0.1, 0.15) is 0 Å². The van der Waals surface area contributed by atoms with E-state index in [9.17, 15) is 0 Å². The van der Waals surface area contributed by atoms with Gasteiger partial charge in [-0.15, -0.1) is 12.4 Å². The summed E-state index contributed by atoms with van der Waals surface area (Å²) in [6, 6.07) is 9.69. The second-order valence-electron chi connectivity index (χ2n) is 2.12. The van der Waals surface area contributed by atoms with Crippen LogP contribution in [0, 0.1) is 0 Å². The van der Waals surface area contributed by atoms with Gasteiger partial charge in [0.15, 0.2) is 0 Å². The molecule has 2 rings (SSSR count). The quantitative estimate of drug-likeness (QED) is 0.679. The Kier molecular flexibility index (Phi) is 2.82. The minimum Gasteiger partial charge on any atom is -0.342 e. The molecule has 0 bridgehead atoms. The van der Waals surface area contributed by atoms with Crippen LogP contribution in [0.4, 0.5) is 0 Å². The third-order valence-corrected chi connectivity index (χ3v) is 1.39. The monoisotopic (exact) mass is 182 g/mol. The molecule has 0 fully saturated rings. The summed E-state index contributed by atoms with van der Waals surface area (Å²) in [6.45, 7) is 0. The molecule has 2 aromatic rings. The average Bonchev–Trinajstić information content (AvgIpc) is 2.58. The van der Waals surface area contributed by atoms with E-state index in [4.69, 9.17) is 0 Å². The molecule has 62 valence electrons. The van der Waals surface area contributed by atoms with Gasteiger partial charge in [0.05, 0.1) is 0 Å². The SMILES string of the molecule is Cl.c1ccc(-c2ncon2)cc1. The van der Waals surface area contributed by atoms with Crippen molar-refractivity contribution in [1.82, 2.24) is 10.1 Å². The highest BCUT2D eigenvalue weighted by Gasteiger charge is 1.98. The fourth-order valence-electron chi connectivity index (χ4n) is 0.885. The van der Waals surface area contributed by atoms with Crippen molar-refractivity contribution in [2.45, 2.75) is 0 Å². The van der Waals surface area contributed by atoms with Crippen LogP contribution in [0.5, 0.6) is 0 Å². The second-order valence-corrected chi connectivity index (χ2v) is 2.12. The molecule has 0 unspecified atom stereocenters. The summed E-state index contributed by atoms with van der Waals surface area (Å²) in [5.74, 6) is 0.630. The standard InChI is InChI=1S/C8H6N2O.ClH/c1-2-4-7(5-3-1)8-9-6-11-10-8;/h1-6H;1H. The van der Waals surface area contributed by atoms with Gasteiger partial charge in [0.25, 0.3) is 0 Å². The Bertz CT molecular complexity index is 320. The van der Waals surface area contributed by atoms with Gasteiger partial charge in [-0.2, -0.15) is 4.98 Å². The van der Waals surface area contributed by atoms with Crippen molar-refractivity contribution in [2.75, 3.05) is 0 Å². The third kappa shape index (κ3) is 1.62. The molecule has 0 radical (unpaired) electrons. The first-order valence-electron chi connectivity index (χ1n) is 3.28. The molecule has 3 nitrogen and oxygen atoms in total. The molecular weight excluding hydrogens is 176 g/mol. The summed E-state index contributed by atoms with van der Waals surface area (Å²) < 4.78 is 4.61. The normalized spacial score (nSPS) is 9.00. The summed E-state index contributed by atoms with van der Waals surface area (Å²) in [7, 11) is 0. The molecule has 0 aliphatic rings. The highest BCUT2D eigenvalue weighted by molar-refractivity contribution is 5.85. The van der Waals surface area contributed by atoms with E-state index >= 15 is 0 Å². The minimum atomic E-state index is 0. The van der Waals surface area contributed by atoms with Crippen molar-refractivity contribution >= 4 is 12.4 Å². The van der Waals surface area contributed by atoms with Crippen molar-refractivity contribution in [3.8, 4) is 11.4 Å². The first-order chi connectivity index (χ1) is 5.47. The van der Waals surface area contributed by atoms with Crippen molar-refractivity contribution in [1.29, 1.82) is 0 Å². The van der Waals surface area contributed by atoms with Crippen molar-refractivity contribution in [3.63, 3.8) is 0 Å². The Morgan fingerprint density at radius 2 is 1.83 bits per heavy atom. The lowest BCUT2D eigenvalue weighted by Crippen LogP contribution is -1.77. The molecule has 0 N–H and O–H groups in total. The number of rotatable bonds is 1. The molecule has 0 aliphatic heterocycles. The zero-order valence-corrected chi connectivity index (χ0v) is 6.99. The first-order valence-corrected chi connectivity index (χ1v) is 3.28. The summed E-state index contributed by atoms with van der Waals surface area (Å²) in [6.07, 6.45) is 1.32. The number of benzene rings is 1. The Hall–Kier alpha value is -1.35. The van der Waals surface area contributed by atoms with E-state index in [1.165, 1.54) is 6.39 Å². The summed E-state index contributed by atoms with van der Waals surface area (Å²) in [5, 5.41) is 3.70. The van der Waals surface area contributed by atoms with E-state index in [2.05, 4.69) is 14.7 Å². The van der Waals surface area contributed by atoms with E-state index < -0.39 is 0 Å². The van der Waals surface area contributed by atoms with Crippen LogP contribution in [0.2, 0.25) is 0 Å². The van der Waals surface area contributed by atoms with Crippen LogP contribution in [0.3, 0.4) is 0 Å². The molecule has 1 aromatic carbocycles. The van der Waals surface area contributed by atoms with Gasteiger partial charge < -0.3 is 4.52 Å². The summed E-state index contributed by atoms with van der Waals surface area (Å²) in [4.78, 5) is 3.91. The Labute approximate surface area is 75.8 Å². The van der Waals surface area contributed by atoms with Crippen molar-refractivity contribution in [2.24, 2.45) is 0 Å². The van der Waals surface area contributed by atoms with Gasteiger partial charge in [-0.3, -0.25) is 0 Å². The van der Waals surface area contributed by atoms with Gasteiger partial charge in [-0.1, -0.05) is 35.5 Å². The van der Waals surface area contributed by atoms with Crippen LogP contribution in [-0.2, 0) is 0 Å². The molecule has 1 heterocycles. The maximum atomic E-state index is 4.61. The molecule has 4 heteroatoms. The van der Waals surface area contributed by atoms with Gasteiger partial charge in [0, 0.05) is 5.56 Å². The maximum absolute atomic E-state index is 4.61. The zero-order valence-electron chi connectivity index (χ0n) is 6.18. The van der Waals surface area contributed by atoms with E-state index in [0.717, 1.165) is 5.56 Å². The summed E-state index contributed by atoms with van der Waals surface area (Å²) >= 11 is 0. The lowest BCUT2D eigenvalue weighted by atomic mass is 10.2. The largest absolute Gasteiger partial charge is 0.342 e. The van der Waals surface area contributed by atoms with E-state index in [0.29, 0.717) is 5.82 Å². The Balaban J connectivity index is 0.000000720. The predicted octanol–water partition coefficient (Wildman–Crippen LogP) is 2.16. The number of nitrogens with zero attached hydrogens (tertiary/aromatic N) is 2. The summed E-state index contributed by atoms with van der Waals surface area (Å²) in [5.41, 5.74) is 0.973. The number of hydrogen-bond donors (Lipinski definition) is 0. The van der Waals surface area contributed by atoms with Crippen LogP contribution < -0.4 is 0 Å². The second kappa shape index (κ2) is 3.88. The number of hydrogen-bond acceptors (Lipinski definition) is 3. The van der Waals surface area contributed by atoms with Gasteiger partial charge in [-0.05, 0) is 0 Å². The lowest BCUT2D eigenvalue weighted by Gasteiger charge is -1.89. The van der Waals surface area contributed by atoms with Crippen LogP contribution in [-0.4, -0.2) is 10.1 Å². The van der Waals surface area contributed by atoms with Crippen LogP contribution in [0.25, 0.3) is 11.4 Å². The molecule has 0 atom stereocenters. The molecule has 1 aromatic heterocycles. The zero-order chi connectivity index (χ0) is 7.52. The van der Waals surface area contributed by atoms with Gasteiger partial charge >= 0.3 is 0 Å². The number of halogens is 1. The van der Waals surface area contributed by atoms with Crippen LogP contribution >= 0.6 is 12.4 Å². The molecule has 12 heavy (non-hydrogen) atoms. The van der Waals surface area contributed by atoms with Gasteiger partial charge in [-0.25, -0.2) is 0 Å². The lowest BCUT2D eigenvalue weighted by molar-refractivity contribution is 0.419. The van der Waals surface area contributed by atoms with Crippen molar-refractivity contribution < 1.29 is 4.52 Å². The Morgan fingerprint density at radius 1 is 1.08 bits per heavy atom. The smallest absolute Gasteiger partial charge is 0.214 e. The average molecular weight is 183 g/mol.